The van der Waals surface area contributed by atoms with Crippen LogP contribution in [-0.4, -0.2) is 9.38 Å². The SMILES string of the molecule is Cc1cc(-c2nc3c(Cl)cc(C(F)(F)F)cn3c2CN)ccc1Cl. The normalized spacial score (nSPS) is 12.1. The number of nitrogens with two attached hydrogens (primary N) is 1. The Morgan fingerprint density at radius 1 is 1.17 bits per heavy atom. The third-order valence-corrected chi connectivity index (χ3v) is 4.43. The molecular formula is C16H12Cl2F3N3. The molecule has 2 N–H and O–H groups in total. The molecule has 0 unspecified atom stereocenters. The van der Waals surface area contributed by atoms with Crippen LogP contribution in [0.2, 0.25) is 10.0 Å². The Kier molecular flexibility index (Phi) is 4.23. The van der Waals surface area contributed by atoms with Gasteiger partial charge in [0.05, 0.1) is 22.0 Å². The van der Waals surface area contributed by atoms with Crippen molar-refractivity contribution < 1.29 is 13.2 Å². The zero-order valence-electron chi connectivity index (χ0n) is 12.5. The Hall–Kier alpha value is -1.76. The van der Waals surface area contributed by atoms with Gasteiger partial charge in [-0.05, 0) is 30.7 Å². The molecule has 0 spiro atoms. The number of alkyl halides is 3. The van der Waals surface area contributed by atoms with Crippen molar-refractivity contribution in [2.75, 3.05) is 0 Å². The maximum atomic E-state index is 13.0. The zero-order valence-corrected chi connectivity index (χ0v) is 14.0. The molecule has 0 aliphatic carbocycles. The molecule has 126 valence electrons. The fourth-order valence-electron chi connectivity index (χ4n) is 2.52. The van der Waals surface area contributed by atoms with Gasteiger partial charge in [0.1, 0.15) is 0 Å². The summed E-state index contributed by atoms with van der Waals surface area (Å²) in [6.45, 7) is 1.84. The number of halogens is 5. The highest BCUT2D eigenvalue weighted by molar-refractivity contribution is 6.33. The Morgan fingerprint density at radius 2 is 1.88 bits per heavy atom. The third kappa shape index (κ3) is 2.85. The van der Waals surface area contributed by atoms with Crippen LogP contribution in [0, 0.1) is 6.92 Å². The second kappa shape index (κ2) is 5.95. The maximum Gasteiger partial charge on any atom is 0.417 e. The topological polar surface area (TPSA) is 43.3 Å². The lowest BCUT2D eigenvalue weighted by Crippen LogP contribution is -2.09. The highest BCUT2D eigenvalue weighted by Gasteiger charge is 2.32. The van der Waals surface area contributed by atoms with E-state index < -0.39 is 11.7 Å². The molecule has 0 saturated carbocycles. The van der Waals surface area contributed by atoms with Gasteiger partial charge in [-0.2, -0.15) is 13.2 Å². The standard InChI is InChI=1S/C16H12Cl2F3N3/c1-8-4-9(2-3-11(8)17)14-13(6-22)24-7-10(16(19,20)21)5-12(18)15(24)23-14/h2-5,7H,6,22H2,1H3. The van der Waals surface area contributed by atoms with Gasteiger partial charge in [-0.15, -0.1) is 0 Å². The number of aryl methyl sites for hydroxylation is 1. The van der Waals surface area contributed by atoms with Gasteiger partial charge in [0.2, 0.25) is 0 Å². The average molecular weight is 374 g/mol. The number of benzene rings is 1. The summed E-state index contributed by atoms with van der Waals surface area (Å²) in [6.07, 6.45) is -3.55. The molecule has 1 aromatic carbocycles. The van der Waals surface area contributed by atoms with Crippen molar-refractivity contribution >= 4 is 28.8 Å². The van der Waals surface area contributed by atoms with Crippen molar-refractivity contribution in [1.82, 2.24) is 9.38 Å². The Balaban J connectivity index is 2.30. The van der Waals surface area contributed by atoms with Crippen molar-refractivity contribution in [3.63, 3.8) is 0 Å². The van der Waals surface area contributed by atoms with Gasteiger partial charge < -0.3 is 10.1 Å². The molecule has 0 bridgehead atoms. The minimum atomic E-state index is -4.51. The summed E-state index contributed by atoms with van der Waals surface area (Å²) < 4.78 is 40.4. The van der Waals surface area contributed by atoms with Gasteiger partial charge in [0.15, 0.2) is 5.65 Å². The average Bonchev–Trinajstić information content (AvgIpc) is 2.88. The van der Waals surface area contributed by atoms with Gasteiger partial charge in [-0.1, -0.05) is 29.3 Å². The van der Waals surface area contributed by atoms with Gasteiger partial charge >= 0.3 is 6.18 Å². The summed E-state index contributed by atoms with van der Waals surface area (Å²) in [5, 5.41) is 0.505. The number of hydrogen-bond donors (Lipinski definition) is 1. The van der Waals surface area contributed by atoms with E-state index in [1.807, 2.05) is 13.0 Å². The van der Waals surface area contributed by atoms with Crippen LogP contribution in [-0.2, 0) is 12.7 Å². The molecule has 0 saturated heterocycles. The third-order valence-electron chi connectivity index (χ3n) is 3.73. The van der Waals surface area contributed by atoms with E-state index in [9.17, 15) is 13.2 Å². The number of pyridine rings is 1. The van der Waals surface area contributed by atoms with Crippen LogP contribution >= 0.6 is 23.2 Å². The van der Waals surface area contributed by atoms with Crippen molar-refractivity contribution in [2.24, 2.45) is 5.73 Å². The van der Waals surface area contributed by atoms with E-state index in [0.29, 0.717) is 22.0 Å². The fourth-order valence-corrected chi connectivity index (χ4v) is 2.89. The fraction of sp³-hybridized carbons (Fsp3) is 0.188. The second-order valence-corrected chi connectivity index (χ2v) is 6.16. The van der Waals surface area contributed by atoms with Crippen LogP contribution in [0.5, 0.6) is 0 Å². The van der Waals surface area contributed by atoms with E-state index >= 15 is 0 Å². The van der Waals surface area contributed by atoms with Crippen LogP contribution in [0.25, 0.3) is 16.9 Å². The number of hydrogen-bond acceptors (Lipinski definition) is 2. The number of fused-ring (bicyclic) bond motifs is 1. The van der Waals surface area contributed by atoms with Crippen molar-refractivity contribution in [2.45, 2.75) is 19.6 Å². The van der Waals surface area contributed by atoms with E-state index in [1.165, 1.54) is 4.40 Å². The van der Waals surface area contributed by atoms with E-state index in [0.717, 1.165) is 17.8 Å². The van der Waals surface area contributed by atoms with Crippen LogP contribution in [0.4, 0.5) is 13.2 Å². The molecule has 0 radical (unpaired) electrons. The molecular weight excluding hydrogens is 362 g/mol. The highest BCUT2D eigenvalue weighted by atomic mass is 35.5. The van der Waals surface area contributed by atoms with Gasteiger partial charge in [-0.3, -0.25) is 0 Å². The Labute approximate surface area is 145 Å². The van der Waals surface area contributed by atoms with Crippen LogP contribution in [0.1, 0.15) is 16.8 Å². The summed E-state index contributed by atoms with van der Waals surface area (Å²) >= 11 is 12.0. The number of nitrogens with zero attached hydrogens (tertiary/aromatic N) is 2. The lowest BCUT2D eigenvalue weighted by atomic mass is 10.1. The number of rotatable bonds is 2. The molecule has 3 rings (SSSR count). The van der Waals surface area contributed by atoms with Gasteiger partial charge in [0.25, 0.3) is 0 Å². The van der Waals surface area contributed by atoms with E-state index in [-0.39, 0.29) is 17.2 Å². The first-order chi connectivity index (χ1) is 11.2. The summed E-state index contributed by atoms with van der Waals surface area (Å²) in [5.41, 5.74) is 7.61. The van der Waals surface area contributed by atoms with Crippen LogP contribution in [0.3, 0.4) is 0 Å². The summed E-state index contributed by atoms with van der Waals surface area (Å²) in [4.78, 5) is 4.39. The zero-order chi connectivity index (χ0) is 17.6. The quantitative estimate of drug-likeness (QED) is 0.679. The number of aromatic nitrogens is 2. The summed E-state index contributed by atoms with van der Waals surface area (Å²) in [7, 11) is 0. The molecule has 0 aliphatic rings. The van der Waals surface area contributed by atoms with E-state index in [4.69, 9.17) is 28.9 Å². The number of imidazole rings is 1. The summed E-state index contributed by atoms with van der Waals surface area (Å²) in [5.74, 6) is 0. The predicted octanol–water partition coefficient (Wildman–Crippen LogP) is 5.09. The summed E-state index contributed by atoms with van der Waals surface area (Å²) in [6, 6.07) is 6.12. The van der Waals surface area contributed by atoms with Crippen molar-refractivity contribution in [1.29, 1.82) is 0 Å². The lowest BCUT2D eigenvalue weighted by Gasteiger charge is -2.09. The smallest absolute Gasteiger partial charge is 0.325 e. The van der Waals surface area contributed by atoms with E-state index in [1.54, 1.807) is 12.1 Å². The minimum absolute atomic E-state index is 0.00974. The first kappa shape index (κ1) is 17.1. The molecule has 8 heteroatoms. The molecule has 3 nitrogen and oxygen atoms in total. The van der Waals surface area contributed by atoms with Crippen LogP contribution < -0.4 is 5.73 Å². The van der Waals surface area contributed by atoms with Crippen LogP contribution in [0.15, 0.2) is 30.5 Å². The molecule has 0 amide bonds. The lowest BCUT2D eigenvalue weighted by molar-refractivity contribution is -0.137. The molecule has 3 aromatic rings. The van der Waals surface area contributed by atoms with E-state index in [2.05, 4.69) is 4.98 Å². The van der Waals surface area contributed by atoms with Gasteiger partial charge in [-0.25, -0.2) is 4.98 Å². The maximum absolute atomic E-state index is 13.0. The largest absolute Gasteiger partial charge is 0.417 e. The molecule has 0 atom stereocenters. The highest BCUT2D eigenvalue weighted by Crippen LogP contribution is 2.35. The molecule has 2 heterocycles. The first-order valence-corrected chi connectivity index (χ1v) is 7.72. The Morgan fingerprint density at radius 3 is 2.46 bits per heavy atom. The Bertz CT molecular complexity index is 932. The molecule has 24 heavy (non-hydrogen) atoms. The second-order valence-electron chi connectivity index (χ2n) is 5.34. The monoisotopic (exact) mass is 373 g/mol. The predicted molar refractivity (Wildman–Crippen MR) is 88.3 cm³/mol. The molecule has 2 aromatic heterocycles. The van der Waals surface area contributed by atoms with Crippen molar-refractivity contribution in [3.05, 3.63) is 57.3 Å². The van der Waals surface area contributed by atoms with Crippen molar-refractivity contribution in [3.8, 4) is 11.3 Å². The molecule has 0 fully saturated rings. The van der Waals surface area contributed by atoms with Gasteiger partial charge in [0, 0.05) is 23.3 Å². The minimum Gasteiger partial charge on any atom is -0.325 e. The molecule has 0 aliphatic heterocycles. The first-order valence-electron chi connectivity index (χ1n) is 6.96.